The average molecular weight is 443 g/mol. The molecule has 0 aliphatic rings. The molecule has 0 aromatic heterocycles. The van der Waals surface area contributed by atoms with Crippen LogP contribution >= 0.6 is 28.3 Å². The van der Waals surface area contributed by atoms with Crippen LogP contribution in [0.2, 0.25) is 0 Å². The van der Waals surface area contributed by atoms with E-state index in [9.17, 15) is 0 Å². The van der Waals surface area contributed by atoms with Crippen LogP contribution in [-0.4, -0.2) is 19.8 Å². The van der Waals surface area contributed by atoms with Crippen LogP contribution in [0, 0.1) is 0 Å². The van der Waals surface area contributed by atoms with Gasteiger partial charge in [0, 0.05) is 29.8 Å². The lowest BCUT2D eigenvalue weighted by Crippen LogP contribution is -2.17. The Kier molecular flexibility index (Phi) is 12.4. The second-order valence-corrected chi connectivity index (χ2v) is 6.94. The summed E-state index contributed by atoms with van der Waals surface area (Å²) in [7, 11) is 0. The molecule has 1 N–H and O–H groups in total. The van der Waals surface area contributed by atoms with E-state index in [4.69, 9.17) is 9.47 Å². The first-order chi connectivity index (χ1) is 12.3. The number of nitrogens with one attached hydrogen (secondary N) is 1. The fraction of sp³-hybridized carbons (Fsp3) is 0.429. The quantitative estimate of drug-likeness (QED) is 0.425. The number of halogens is 2. The third kappa shape index (κ3) is 9.04. The summed E-state index contributed by atoms with van der Waals surface area (Å²) in [5.41, 5.74) is 2.34. The van der Waals surface area contributed by atoms with Crippen molar-refractivity contribution in [1.29, 1.82) is 0 Å². The molecule has 3 nitrogen and oxygen atoms in total. The minimum Gasteiger partial charge on any atom is -0.489 e. The lowest BCUT2D eigenvalue weighted by atomic mass is 10.2. The molecule has 0 spiro atoms. The Hall–Kier alpha value is -1.07. The fourth-order valence-corrected chi connectivity index (χ4v) is 2.84. The van der Waals surface area contributed by atoms with Crippen molar-refractivity contribution in [2.75, 3.05) is 19.8 Å². The zero-order chi connectivity index (χ0) is 17.7. The molecule has 0 unspecified atom stereocenters. The minimum absolute atomic E-state index is 0. The summed E-state index contributed by atoms with van der Waals surface area (Å²) >= 11 is 3.55. The van der Waals surface area contributed by atoms with Gasteiger partial charge in [0.2, 0.25) is 0 Å². The van der Waals surface area contributed by atoms with Crippen LogP contribution < -0.4 is 10.1 Å². The number of rotatable bonds is 12. The molecule has 2 aromatic rings. The van der Waals surface area contributed by atoms with E-state index in [1.165, 1.54) is 12.0 Å². The predicted molar refractivity (Wildman–Crippen MR) is 114 cm³/mol. The normalized spacial score (nSPS) is 10.4. The van der Waals surface area contributed by atoms with Gasteiger partial charge >= 0.3 is 0 Å². The summed E-state index contributed by atoms with van der Waals surface area (Å²) in [6.45, 7) is 6.19. The van der Waals surface area contributed by atoms with Gasteiger partial charge in [0.1, 0.15) is 12.4 Å². The van der Waals surface area contributed by atoms with Gasteiger partial charge in [-0.1, -0.05) is 59.6 Å². The Balaban J connectivity index is 0.00000338. The Morgan fingerprint density at radius 1 is 1.00 bits per heavy atom. The Labute approximate surface area is 172 Å². The largest absolute Gasteiger partial charge is 0.489 e. The third-order valence-electron chi connectivity index (χ3n) is 3.86. The first kappa shape index (κ1) is 23.0. The van der Waals surface area contributed by atoms with Crippen LogP contribution in [0.4, 0.5) is 0 Å². The molecule has 0 heterocycles. The molecular weight excluding hydrogens is 414 g/mol. The Bertz CT molecular complexity index is 610. The van der Waals surface area contributed by atoms with Crippen molar-refractivity contribution in [3.05, 3.63) is 64.1 Å². The fourth-order valence-electron chi connectivity index (χ4n) is 2.43. The summed E-state index contributed by atoms with van der Waals surface area (Å²) in [6, 6.07) is 16.4. The molecule has 0 fully saturated rings. The van der Waals surface area contributed by atoms with Crippen molar-refractivity contribution >= 4 is 28.3 Å². The molecule has 2 aromatic carbocycles. The van der Waals surface area contributed by atoms with Crippen molar-refractivity contribution in [3.63, 3.8) is 0 Å². The van der Waals surface area contributed by atoms with E-state index < -0.39 is 0 Å². The van der Waals surface area contributed by atoms with Gasteiger partial charge in [-0.2, -0.15) is 0 Å². The number of unbranched alkanes of at least 4 members (excludes halogenated alkanes) is 1. The molecule has 26 heavy (non-hydrogen) atoms. The molecular formula is C21H29BrClNO2. The standard InChI is InChI=1S/C21H28BrNO2.ClH/c1-2-3-13-24-14-7-12-23-16-19-15-20(22)10-11-21(19)25-17-18-8-5-4-6-9-18;/h4-6,8-11,15,23H,2-3,7,12-14,16-17H2,1H3;1H. The highest BCUT2D eigenvalue weighted by Crippen LogP contribution is 2.24. The maximum Gasteiger partial charge on any atom is 0.124 e. The van der Waals surface area contributed by atoms with E-state index in [1.807, 2.05) is 30.3 Å². The monoisotopic (exact) mass is 441 g/mol. The van der Waals surface area contributed by atoms with Crippen molar-refractivity contribution in [3.8, 4) is 5.75 Å². The van der Waals surface area contributed by atoms with E-state index in [-0.39, 0.29) is 12.4 Å². The Morgan fingerprint density at radius 2 is 1.77 bits per heavy atom. The summed E-state index contributed by atoms with van der Waals surface area (Å²) in [6.07, 6.45) is 3.36. The highest BCUT2D eigenvalue weighted by Gasteiger charge is 2.05. The summed E-state index contributed by atoms with van der Waals surface area (Å²) < 4.78 is 12.7. The maximum atomic E-state index is 6.02. The summed E-state index contributed by atoms with van der Waals surface area (Å²) in [5.74, 6) is 0.929. The highest BCUT2D eigenvalue weighted by molar-refractivity contribution is 9.10. The van der Waals surface area contributed by atoms with Crippen LogP contribution in [0.25, 0.3) is 0 Å². The van der Waals surface area contributed by atoms with Crippen LogP contribution in [0.15, 0.2) is 53.0 Å². The number of hydrogen-bond donors (Lipinski definition) is 1. The van der Waals surface area contributed by atoms with Crippen LogP contribution in [0.3, 0.4) is 0 Å². The van der Waals surface area contributed by atoms with Gasteiger partial charge in [0.25, 0.3) is 0 Å². The molecule has 0 aliphatic heterocycles. The minimum atomic E-state index is 0. The van der Waals surface area contributed by atoms with Crippen LogP contribution in [-0.2, 0) is 17.9 Å². The zero-order valence-electron chi connectivity index (χ0n) is 15.4. The second-order valence-electron chi connectivity index (χ2n) is 6.02. The van der Waals surface area contributed by atoms with Gasteiger partial charge in [0.15, 0.2) is 0 Å². The summed E-state index contributed by atoms with van der Waals surface area (Å²) in [4.78, 5) is 0. The lowest BCUT2D eigenvalue weighted by molar-refractivity contribution is 0.128. The second kappa shape index (κ2) is 14.0. The predicted octanol–water partition coefficient (Wildman–Crippen LogP) is 5.75. The number of benzene rings is 2. The van der Waals surface area contributed by atoms with Crippen LogP contribution in [0.5, 0.6) is 5.75 Å². The Morgan fingerprint density at radius 3 is 2.54 bits per heavy atom. The van der Waals surface area contributed by atoms with Gasteiger partial charge in [0.05, 0.1) is 0 Å². The molecule has 0 amide bonds. The van der Waals surface area contributed by atoms with Gasteiger partial charge in [-0.25, -0.2) is 0 Å². The SMILES string of the molecule is CCCCOCCCNCc1cc(Br)ccc1OCc1ccccc1.Cl. The summed E-state index contributed by atoms with van der Waals surface area (Å²) in [5, 5.41) is 3.48. The number of hydrogen-bond acceptors (Lipinski definition) is 3. The van der Waals surface area contributed by atoms with Gasteiger partial charge in [-0.05, 0) is 43.1 Å². The van der Waals surface area contributed by atoms with Gasteiger partial charge in [-0.15, -0.1) is 12.4 Å². The zero-order valence-corrected chi connectivity index (χ0v) is 17.8. The van der Waals surface area contributed by atoms with Gasteiger partial charge in [-0.3, -0.25) is 0 Å². The lowest BCUT2D eigenvalue weighted by Gasteiger charge is -2.13. The third-order valence-corrected chi connectivity index (χ3v) is 4.35. The van der Waals surface area contributed by atoms with Gasteiger partial charge < -0.3 is 14.8 Å². The molecule has 2 rings (SSSR count). The van der Waals surface area contributed by atoms with Crippen molar-refractivity contribution < 1.29 is 9.47 Å². The van der Waals surface area contributed by atoms with E-state index in [1.54, 1.807) is 0 Å². The van der Waals surface area contributed by atoms with Crippen LogP contribution in [0.1, 0.15) is 37.3 Å². The molecule has 0 atom stereocenters. The molecule has 0 saturated heterocycles. The smallest absolute Gasteiger partial charge is 0.124 e. The van der Waals surface area contributed by atoms with E-state index in [0.717, 1.165) is 54.9 Å². The molecule has 5 heteroatoms. The van der Waals surface area contributed by atoms with Crippen molar-refractivity contribution in [2.24, 2.45) is 0 Å². The van der Waals surface area contributed by atoms with Crippen molar-refractivity contribution in [2.45, 2.75) is 39.3 Å². The van der Waals surface area contributed by atoms with E-state index in [0.29, 0.717) is 6.61 Å². The highest BCUT2D eigenvalue weighted by atomic mass is 79.9. The topological polar surface area (TPSA) is 30.5 Å². The number of ether oxygens (including phenoxy) is 2. The van der Waals surface area contributed by atoms with E-state index >= 15 is 0 Å². The van der Waals surface area contributed by atoms with Crippen molar-refractivity contribution in [1.82, 2.24) is 5.32 Å². The first-order valence-electron chi connectivity index (χ1n) is 9.03. The molecule has 144 valence electrons. The average Bonchev–Trinajstić information content (AvgIpc) is 2.64. The molecule has 0 saturated carbocycles. The van der Waals surface area contributed by atoms with E-state index in [2.05, 4.69) is 46.4 Å². The maximum absolute atomic E-state index is 6.02. The molecule has 0 bridgehead atoms. The molecule has 0 radical (unpaired) electrons. The molecule has 0 aliphatic carbocycles. The first-order valence-corrected chi connectivity index (χ1v) is 9.82.